The minimum Gasteiger partial charge on any atom is -0.476 e. The summed E-state index contributed by atoms with van der Waals surface area (Å²) in [6.45, 7) is 0.770. The Kier molecular flexibility index (Phi) is 2.49. The van der Waals surface area contributed by atoms with Gasteiger partial charge in [0.2, 0.25) is 0 Å². The molecule has 0 aliphatic carbocycles. The topological polar surface area (TPSA) is 62.2 Å². The average Bonchev–Trinajstić information content (AvgIpc) is 2.30. The molecular formula is C11H10N2O2. The molecule has 0 amide bonds. The van der Waals surface area contributed by atoms with Crippen LogP contribution in [0.4, 0.5) is 0 Å². The number of aromatic nitrogens is 1. The molecule has 0 spiro atoms. The zero-order valence-corrected chi connectivity index (χ0v) is 7.97. The number of nitrogens with zero attached hydrogens (tertiary/aromatic N) is 1. The number of carboxylic acid groups (broad SMARTS) is 1. The van der Waals surface area contributed by atoms with Gasteiger partial charge in [0.1, 0.15) is 0 Å². The summed E-state index contributed by atoms with van der Waals surface area (Å²) in [6, 6.07) is 3.48. The maximum absolute atomic E-state index is 10.9. The number of rotatable bonds is 2. The molecule has 4 heteroatoms. The molecule has 0 bridgehead atoms. The van der Waals surface area contributed by atoms with Gasteiger partial charge in [-0.1, -0.05) is 18.2 Å². The van der Waals surface area contributed by atoms with Crippen LogP contribution in [0.5, 0.6) is 0 Å². The Morgan fingerprint density at radius 3 is 3.07 bits per heavy atom. The molecule has 2 rings (SSSR count). The minimum atomic E-state index is -1.01. The molecule has 1 aromatic heterocycles. The van der Waals surface area contributed by atoms with E-state index in [1.54, 1.807) is 18.3 Å². The third-order valence-electron chi connectivity index (χ3n) is 2.11. The van der Waals surface area contributed by atoms with Crippen molar-refractivity contribution in [2.45, 2.75) is 0 Å². The van der Waals surface area contributed by atoms with Crippen LogP contribution in [0.15, 0.2) is 36.7 Å². The summed E-state index contributed by atoms with van der Waals surface area (Å²) in [5, 5.41) is 12.0. The predicted molar refractivity (Wildman–Crippen MR) is 56.3 cm³/mol. The number of allylic oxidation sites excluding steroid dienone is 2. The van der Waals surface area contributed by atoms with Crippen molar-refractivity contribution in [3.8, 4) is 0 Å². The van der Waals surface area contributed by atoms with E-state index in [4.69, 9.17) is 5.11 Å². The van der Waals surface area contributed by atoms with Crippen LogP contribution in [0.3, 0.4) is 0 Å². The molecule has 0 radical (unpaired) electrons. The van der Waals surface area contributed by atoms with Crippen LogP contribution in [0, 0.1) is 0 Å². The summed E-state index contributed by atoms with van der Waals surface area (Å²) in [6.07, 6.45) is 7.10. The van der Waals surface area contributed by atoms with Crippen molar-refractivity contribution < 1.29 is 9.90 Å². The van der Waals surface area contributed by atoms with Gasteiger partial charge in [0.25, 0.3) is 0 Å². The molecule has 1 aromatic rings. The van der Waals surface area contributed by atoms with E-state index < -0.39 is 5.97 Å². The zero-order chi connectivity index (χ0) is 10.7. The third kappa shape index (κ3) is 1.88. The Morgan fingerprint density at radius 2 is 2.40 bits per heavy atom. The van der Waals surface area contributed by atoms with Gasteiger partial charge in [0.15, 0.2) is 5.69 Å². The molecule has 76 valence electrons. The summed E-state index contributed by atoms with van der Waals surface area (Å²) >= 11 is 0. The van der Waals surface area contributed by atoms with E-state index in [1.807, 2.05) is 12.2 Å². The molecule has 2 N–H and O–H groups in total. The maximum Gasteiger partial charge on any atom is 0.355 e. The molecule has 1 aliphatic heterocycles. The summed E-state index contributed by atoms with van der Waals surface area (Å²) in [7, 11) is 0. The normalized spacial score (nSPS) is 14.3. The lowest BCUT2D eigenvalue weighted by Crippen LogP contribution is -2.11. The Bertz CT molecular complexity index is 450. The highest BCUT2D eigenvalue weighted by atomic mass is 16.4. The van der Waals surface area contributed by atoms with E-state index in [2.05, 4.69) is 10.3 Å². The van der Waals surface area contributed by atoms with Crippen LogP contribution in [-0.4, -0.2) is 22.6 Å². The maximum atomic E-state index is 10.9. The van der Waals surface area contributed by atoms with Gasteiger partial charge in [-0.15, -0.1) is 0 Å². The molecule has 0 saturated carbocycles. The largest absolute Gasteiger partial charge is 0.476 e. The lowest BCUT2D eigenvalue weighted by Gasteiger charge is -2.10. The summed E-state index contributed by atoms with van der Waals surface area (Å²) in [5.41, 5.74) is 1.55. The van der Waals surface area contributed by atoms with Crippen LogP contribution >= 0.6 is 0 Å². The zero-order valence-electron chi connectivity index (χ0n) is 7.97. The van der Waals surface area contributed by atoms with Gasteiger partial charge in [0, 0.05) is 24.5 Å². The molecule has 0 unspecified atom stereocenters. The summed E-state index contributed by atoms with van der Waals surface area (Å²) in [5.74, 6) is -1.01. The number of carboxylic acids is 1. The second-order valence-electron chi connectivity index (χ2n) is 3.12. The van der Waals surface area contributed by atoms with E-state index >= 15 is 0 Å². The van der Waals surface area contributed by atoms with Crippen molar-refractivity contribution in [1.82, 2.24) is 10.3 Å². The van der Waals surface area contributed by atoms with Crippen molar-refractivity contribution in [1.29, 1.82) is 0 Å². The van der Waals surface area contributed by atoms with Gasteiger partial charge in [-0.2, -0.15) is 0 Å². The van der Waals surface area contributed by atoms with Crippen molar-refractivity contribution >= 4 is 11.5 Å². The number of aromatic carboxylic acids is 1. The van der Waals surface area contributed by atoms with E-state index in [1.165, 1.54) is 6.20 Å². The SMILES string of the molecule is O=C(O)c1ncccc1C1=CNCC=C1. The highest BCUT2D eigenvalue weighted by molar-refractivity contribution is 5.93. The van der Waals surface area contributed by atoms with E-state index in [0.717, 1.165) is 12.1 Å². The second-order valence-corrected chi connectivity index (χ2v) is 3.12. The van der Waals surface area contributed by atoms with Gasteiger partial charge in [0.05, 0.1) is 0 Å². The quantitative estimate of drug-likeness (QED) is 0.758. The number of hydrogen-bond donors (Lipinski definition) is 2. The van der Waals surface area contributed by atoms with Crippen molar-refractivity contribution in [2.24, 2.45) is 0 Å². The molecule has 1 aliphatic rings. The molecule has 15 heavy (non-hydrogen) atoms. The Balaban J connectivity index is 2.47. The fourth-order valence-electron chi connectivity index (χ4n) is 1.45. The summed E-state index contributed by atoms with van der Waals surface area (Å²) < 4.78 is 0. The van der Waals surface area contributed by atoms with Gasteiger partial charge in [-0.25, -0.2) is 9.78 Å². The minimum absolute atomic E-state index is 0.0806. The first kappa shape index (κ1) is 9.45. The third-order valence-corrected chi connectivity index (χ3v) is 2.11. The molecular weight excluding hydrogens is 192 g/mol. The van der Waals surface area contributed by atoms with Crippen molar-refractivity contribution in [3.05, 3.63) is 47.9 Å². The van der Waals surface area contributed by atoms with E-state index in [-0.39, 0.29) is 5.69 Å². The monoisotopic (exact) mass is 202 g/mol. The Morgan fingerprint density at radius 1 is 1.53 bits per heavy atom. The number of nitrogens with one attached hydrogen (secondary N) is 1. The highest BCUT2D eigenvalue weighted by Crippen LogP contribution is 2.19. The number of pyridine rings is 1. The molecule has 0 saturated heterocycles. The van der Waals surface area contributed by atoms with Gasteiger partial charge < -0.3 is 10.4 Å². The lowest BCUT2D eigenvalue weighted by atomic mass is 10.0. The first-order chi connectivity index (χ1) is 7.29. The predicted octanol–water partition coefficient (Wildman–Crippen LogP) is 1.28. The van der Waals surface area contributed by atoms with Crippen molar-refractivity contribution in [2.75, 3.05) is 6.54 Å². The van der Waals surface area contributed by atoms with Crippen LogP contribution in [0.1, 0.15) is 16.1 Å². The average molecular weight is 202 g/mol. The molecule has 4 nitrogen and oxygen atoms in total. The van der Waals surface area contributed by atoms with Crippen LogP contribution < -0.4 is 5.32 Å². The number of carbonyl (C=O) groups is 1. The fourth-order valence-corrected chi connectivity index (χ4v) is 1.45. The van der Waals surface area contributed by atoms with Crippen LogP contribution in [-0.2, 0) is 0 Å². The van der Waals surface area contributed by atoms with E-state index in [9.17, 15) is 4.79 Å². The highest BCUT2D eigenvalue weighted by Gasteiger charge is 2.13. The van der Waals surface area contributed by atoms with E-state index in [0.29, 0.717) is 5.56 Å². The molecule has 2 heterocycles. The Labute approximate surface area is 87.0 Å². The summed E-state index contributed by atoms with van der Waals surface area (Å²) in [4.78, 5) is 14.8. The molecule has 0 fully saturated rings. The second kappa shape index (κ2) is 3.96. The molecule has 0 aromatic carbocycles. The number of dihydropyridines is 1. The first-order valence-corrected chi connectivity index (χ1v) is 4.58. The lowest BCUT2D eigenvalue weighted by molar-refractivity contribution is 0.0690. The number of hydrogen-bond acceptors (Lipinski definition) is 3. The van der Waals surface area contributed by atoms with Gasteiger partial charge in [-0.05, 0) is 11.6 Å². The van der Waals surface area contributed by atoms with Gasteiger partial charge in [-0.3, -0.25) is 0 Å². The first-order valence-electron chi connectivity index (χ1n) is 4.58. The van der Waals surface area contributed by atoms with Crippen LogP contribution in [0.2, 0.25) is 0 Å². The van der Waals surface area contributed by atoms with Crippen molar-refractivity contribution in [3.63, 3.8) is 0 Å². The molecule has 0 atom stereocenters. The van der Waals surface area contributed by atoms with Gasteiger partial charge >= 0.3 is 5.97 Å². The Hall–Kier alpha value is -2.10. The fraction of sp³-hybridized carbons (Fsp3) is 0.0909. The smallest absolute Gasteiger partial charge is 0.355 e. The van der Waals surface area contributed by atoms with Crippen LogP contribution in [0.25, 0.3) is 5.57 Å². The standard InChI is InChI=1S/C11H10N2O2/c14-11(15)10-9(4-2-6-13-10)8-3-1-5-12-7-8/h1-4,6-7,12H,5H2,(H,14,15).